The predicted molar refractivity (Wildman–Crippen MR) is 94.0 cm³/mol. The molecule has 1 amide bonds. The molecule has 1 aromatic carbocycles. The van der Waals surface area contributed by atoms with Crippen molar-refractivity contribution in [1.29, 1.82) is 0 Å². The number of nitrogens with one attached hydrogen (secondary N) is 2. The lowest BCUT2D eigenvalue weighted by molar-refractivity contribution is 0.0530. The molecule has 0 saturated carbocycles. The van der Waals surface area contributed by atoms with E-state index in [1.165, 1.54) is 5.56 Å². The van der Waals surface area contributed by atoms with Crippen molar-refractivity contribution in [1.82, 2.24) is 15.3 Å². The van der Waals surface area contributed by atoms with Gasteiger partial charge in [0.05, 0.1) is 0 Å². The molecule has 1 heterocycles. The minimum atomic E-state index is -0.491. The van der Waals surface area contributed by atoms with E-state index in [0.29, 0.717) is 19.0 Å². The maximum absolute atomic E-state index is 11.5. The first-order valence-corrected chi connectivity index (χ1v) is 7.98. The zero-order chi connectivity index (χ0) is 17.4. The van der Waals surface area contributed by atoms with Gasteiger partial charge in [0.1, 0.15) is 5.60 Å². The van der Waals surface area contributed by atoms with Crippen LogP contribution in [0.1, 0.15) is 31.9 Å². The average molecular weight is 328 g/mol. The largest absolute Gasteiger partial charge is 0.444 e. The van der Waals surface area contributed by atoms with Crippen LogP contribution in [-0.4, -0.2) is 34.8 Å². The summed E-state index contributed by atoms with van der Waals surface area (Å²) in [5.41, 5.74) is 1.79. The minimum absolute atomic E-state index is 0.427. The standard InChI is InChI=1S/C18H24N4O2/c1-18(2,3)24-17(23)20-10-9-19-16-21-12-15(13-22-16)11-14-7-5-4-6-8-14/h4-8,12-13H,9-11H2,1-3H3,(H,20,23)(H,19,21,22). The second kappa shape index (κ2) is 8.29. The number of carbonyl (C=O) groups is 1. The Bertz CT molecular complexity index is 636. The molecular weight excluding hydrogens is 304 g/mol. The van der Waals surface area contributed by atoms with Crippen LogP contribution in [0.25, 0.3) is 0 Å². The molecule has 2 aromatic rings. The molecule has 0 unspecified atom stereocenters. The summed E-state index contributed by atoms with van der Waals surface area (Å²) < 4.78 is 5.15. The van der Waals surface area contributed by atoms with E-state index in [1.54, 1.807) is 0 Å². The lowest BCUT2D eigenvalue weighted by atomic mass is 10.1. The van der Waals surface area contributed by atoms with Gasteiger partial charge in [0, 0.05) is 31.9 Å². The van der Waals surface area contributed by atoms with Gasteiger partial charge in [-0.15, -0.1) is 0 Å². The Kier molecular flexibility index (Phi) is 6.12. The Labute approximate surface area is 142 Å². The molecule has 0 spiro atoms. The molecule has 0 aliphatic rings. The second-order valence-electron chi connectivity index (χ2n) is 6.43. The van der Waals surface area contributed by atoms with Gasteiger partial charge in [-0.05, 0) is 31.9 Å². The number of hydrogen-bond donors (Lipinski definition) is 2. The number of aromatic nitrogens is 2. The Morgan fingerprint density at radius 1 is 1.04 bits per heavy atom. The van der Waals surface area contributed by atoms with Crippen molar-refractivity contribution >= 4 is 12.0 Å². The van der Waals surface area contributed by atoms with Crippen LogP contribution in [0, 0.1) is 0 Å². The van der Waals surface area contributed by atoms with Gasteiger partial charge in [0.2, 0.25) is 5.95 Å². The van der Waals surface area contributed by atoms with Gasteiger partial charge in [-0.25, -0.2) is 14.8 Å². The van der Waals surface area contributed by atoms with Crippen LogP contribution < -0.4 is 10.6 Å². The summed E-state index contributed by atoms with van der Waals surface area (Å²) in [6, 6.07) is 10.2. The monoisotopic (exact) mass is 328 g/mol. The molecule has 0 aliphatic heterocycles. The molecule has 0 aliphatic carbocycles. The molecule has 0 radical (unpaired) electrons. The highest BCUT2D eigenvalue weighted by Gasteiger charge is 2.15. The third kappa shape index (κ3) is 6.64. The number of amides is 1. The first-order chi connectivity index (χ1) is 11.4. The number of anilines is 1. The zero-order valence-corrected chi connectivity index (χ0v) is 14.4. The third-order valence-corrected chi connectivity index (χ3v) is 3.03. The molecule has 0 saturated heterocycles. The highest BCUT2D eigenvalue weighted by molar-refractivity contribution is 5.67. The summed E-state index contributed by atoms with van der Waals surface area (Å²) in [5, 5.41) is 5.74. The van der Waals surface area contributed by atoms with Gasteiger partial charge in [0.25, 0.3) is 0 Å². The van der Waals surface area contributed by atoms with Crippen LogP contribution in [0.5, 0.6) is 0 Å². The highest BCUT2D eigenvalue weighted by atomic mass is 16.6. The van der Waals surface area contributed by atoms with Crippen molar-refractivity contribution in [3.63, 3.8) is 0 Å². The van der Waals surface area contributed by atoms with Crippen molar-refractivity contribution in [3.05, 3.63) is 53.9 Å². The van der Waals surface area contributed by atoms with Gasteiger partial charge in [0.15, 0.2) is 0 Å². The van der Waals surface area contributed by atoms with E-state index in [-0.39, 0.29) is 0 Å². The fourth-order valence-electron chi connectivity index (χ4n) is 2.02. The second-order valence-corrected chi connectivity index (χ2v) is 6.43. The lowest BCUT2D eigenvalue weighted by Crippen LogP contribution is -2.35. The zero-order valence-electron chi connectivity index (χ0n) is 14.4. The predicted octanol–water partition coefficient (Wildman–Crippen LogP) is 3.00. The van der Waals surface area contributed by atoms with E-state index >= 15 is 0 Å². The fourth-order valence-corrected chi connectivity index (χ4v) is 2.02. The van der Waals surface area contributed by atoms with Crippen molar-refractivity contribution in [2.75, 3.05) is 18.4 Å². The van der Waals surface area contributed by atoms with Gasteiger partial charge >= 0.3 is 6.09 Å². The molecule has 1 aromatic heterocycles. The Morgan fingerprint density at radius 3 is 2.33 bits per heavy atom. The Morgan fingerprint density at radius 2 is 1.71 bits per heavy atom. The van der Waals surface area contributed by atoms with Crippen LogP contribution in [0.4, 0.5) is 10.7 Å². The molecular formula is C18H24N4O2. The maximum Gasteiger partial charge on any atom is 0.407 e. The molecule has 6 nitrogen and oxygen atoms in total. The van der Waals surface area contributed by atoms with Crippen LogP contribution in [0.2, 0.25) is 0 Å². The van der Waals surface area contributed by atoms with Crippen LogP contribution in [0.15, 0.2) is 42.7 Å². The van der Waals surface area contributed by atoms with Gasteiger partial charge in [-0.3, -0.25) is 0 Å². The molecule has 2 rings (SSSR count). The molecule has 24 heavy (non-hydrogen) atoms. The van der Waals surface area contributed by atoms with Crippen LogP contribution in [0.3, 0.4) is 0 Å². The van der Waals surface area contributed by atoms with Gasteiger partial charge in [-0.2, -0.15) is 0 Å². The SMILES string of the molecule is CC(C)(C)OC(=O)NCCNc1ncc(Cc2ccccc2)cn1. The molecule has 0 fully saturated rings. The molecule has 2 N–H and O–H groups in total. The van der Waals surface area contributed by atoms with Gasteiger partial charge < -0.3 is 15.4 Å². The van der Waals surface area contributed by atoms with E-state index in [4.69, 9.17) is 4.74 Å². The molecule has 128 valence electrons. The van der Waals surface area contributed by atoms with Crippen LogP contribution in [-0.2, 0) is 11.2 Å². The molecule has 0 bridgehead atoms. The fraction of sp³-hybridized carbons (Fsp3) is 0.389. The summed E-state index contributed by atoms with van der Waals surface area (Å²) in [7, 11) is 0. The number of alkyl carbamates (subject to hydrolysis) is 1. The minimum Gasteiger partial charge on any atom is -0.444 e. The summed E-state index contributed by atoms with van der Waals surface area (Å²) in [5.74, 6) is 0.540. The number of hydrogen-bond acceptors (Lipinski definition) is 5. The molecule has 6 heteroatoms. The van der Waals surface area contributed by atoms with Crippen molar-refractivity contribution in [3.8, 4) is 0 Å². The smallest absolute Gasteiger partial charge is 0.407 e. The summed E-state index contributed by atoms with van der Waals surface area (Å²) in [4.78, 5) is 20.1. The van der Waals surface area contributed by atoms with Crippen molar-refractivity contribution in [2.45, 2.75) is 32.8 Å². The number of ether oxygens (including phenoxy) is 1. The summed E-state index contributed by atoms with van der Waals surface area (Å²) in [6.07, 6.45) is 4.00. The molecule has 0 atom stereocenters. The number of benzene rings is 1. The number of carbonyl (C=O) groups excluding carboxylic acids is 1. The van der Waals surface area contributed by atoms with Crippen LogP contribution >= 0.6 is 0 Å². The first kappa shape index (κ1) is 17.7. The van der Waals surface area contributed by atoms with E-state index in [9.17, 15) is 4.79 Å². The Hall–Kier alpha value is -2.63. The van der Waals surface area contributed by atoms with E-state index in [2.05, 4.69) is 32.7 Å². The normalized spacial score (nSPS) is 11.0. The van der Waals surface area contributed by atoms with Crippen molar-refractivity contribution < 1.29 is 9.53 Å². The van der Waals surface area contributed by atoms with Crippen molar-refractivity contribution in [2.24, 2.45) is 0 Å². The number of nitrogens with zero attached hydrogens (tertiary/aromatic N) is 2. The van der Waals surface area contributed by atoms with E-state index < -0.39 is 11.7 Å². The van der Waals surface area contributed by atoms with Gasteiger partial charge in [-0.1, -0.05) is 30.3 Å². The topological polar surface area (TPSA) is 76.1 Å². The maximum atomic E-state index is 11.5. The lowest BCUT2D eigenvalue weighted by Gasteiger charge is -2.19. The van der Waals surface area contributed by atoms with E-state index in [1.807, 2.05) is 51.4 Å². The highest BCUT2D eigenvalue weighted by Crippen LogP contribution is 2.08. The first-order valence-electron chi connectivity index (χ1n) is 7.98. The average Bonchev–Trinajstić information content (AvgIpc) is 2.52. The quantitative estimate of drug-likeness (QED) is 0.797. The summed E-state index contributed by atoms with van der Waals surface area (Å²) in [6.45, 7) is 6.45. The summed E-state index contributed by atoms with van der Waals surface area (Å²) >= 11 is 0. The Balaban J connectivity index is 1.71. The third-order valence-electron chi connectivity index (χ3n) is 3.03. The van der Waals surface area contributed by atoms with E-state index in [0.717, 1.165) is 12.0 Å². The number of rotatable bonds is 6.